The van der Waals surface area contributed by atoms with Crippen LogP contribution in [0.5, 0.6) is 0 Å². The Bertz CT molecular complexity index is 1590. The second kappa shape index (κ2) is 11.3. The van der Waals surface area contributed by atoms with E-state index >= 15 is 0 Å². The number of sulfonamides is 1. The maximum absolute atomic E-state index is 13.9. The van der Waals surface area contributed by atoms with Crippen LogP contribution >= 0.6 is 0 Å². The molecule has 0 spiro atoms. The van der Waals surface area contributed by atoms with Gasteiger partial charge in [-0.25, -0.2) is 37.6 Å². The third kappa shape index (κ3) is 5.84. The number of methoxy groups -OCH3 is 1. The molecule has 3 aliphatic rings. The van der Waals surface area contributed by atoms with Crippen molar-refractivity contribution < 1.29 is 13.2 Å². The average molecular weight is 583 g/mol. The molecular weight excluding hydrogens is 544 g/mol. The lowest BCUT2D eigenvalue weighted by Crippen LogP contribution is -2.41. The Morgan fingerprint density at radius 2 is 1.83 bits per heavy atom. The van der Waals surface area contributed by atoms with Crippen molar-refractivity contribution in [1.29, 1.82) is 0 Å². The first-order valence-corrected chi connectivity index (χ1v) is 16.2. The van der Waals surface area contributed by atoms with E-state index in [2.05, 4.69) is 32.2 Å². The zero-order valence-corrected chi connectivity index (χ0v) is 24.7. The van der Waals surface area contributed by atoms with E-state index in [0.717, 1.165) is 42.6 Å². The number of piperidine rings is 1. The number of aryl methyl sites for hydroxylation is 1. The van der Waals surface area contributed by atoms with Crippen molar-refractivity contribution in [3.05, 3.63) is 34.3 Å². The fourth-order valence-electron chi connectivity index (χ4n) is 5.79. The number of hydrogen-bond donors (Lipinski definition) is 1. The third-order valence-corrected chi connectivity index (χ3v) is 10.5. The van der Waals surface area contributed by atoms with E-state index in [0.29, 0.717) is 61.3 Å². The molecule has 220 valence electrons. The maximum Gasteiger partial charge on any atom is 0.295 e. The normalized spacial score (nSPS) is 19.5. The predicted octanol–water partition coefficient (Wildman–Crippen LogP) is 2.90. The Labute approximate surface area is 240 Å². The SMILES string of the molecule is COCCS(=O)(=O)N1CCC(CNc2nc3cnc(-c4c(C)ncnc4C4CC4)nc3n([C@@H](C)C3CC3)c2=O)CC1. The van der Waals surface area contributed by atoms with E-state index in [1.165, 1.54) is 7.11 Å². The minimum Gasteiger partial charge on any atom is -0.384 e. The fourth-order valence-corrected chi connectivity index (χ4v) is 7.19. The van der Waals surface area contributed by atoms with E-state index in [9.17, 15) is 13.2 Å². The van der Waals surface area contributed by atoms with Crippen LogP contribution in [-0.2, 0) is 14.8 Å². The van der Waals surface area contributed by atoms with E-state index in [1.807, 2.05) is 6.92 Å². The summed E-state index contributed by atoms with van der Waals surface area (Å²) in [6, 6.07) is -0.0205. The topological polar surface area (TPSA) is 145 Å². The van der Waals surface area contributed by atoms with Gasteiger partial charge in [0, 0.05) is 38.7 Å². The zero-order valence-electron chi connectivity index (χ0n) is 23.9. The minimum absolute atomic E-state index is 0.00527. The van der Waals surface area contributed by atoms with Crippen LogP contribution in [0.4, 0.5) is 5.82 Å². The van der Waals surface area contributed by atoms with Crippen LogP contribution in [0.2, 0.25) is 0 Å². The minimum atomic E-state index is -3.31. The number of ether oxygens (including phenoxy) is 1. The lowest BCUT2D eigenvalue weighted by Gasteiger charge is -2.31. The van der Waals surface area contributed by atoms with Crippen LogP contribution in [-0.4, -0.2) is 81.3 Å². The van der Waals surface area contributed by atoms with Gasteiger partial charge >= 0.3 is 0 Å². The lowest BCUT2D eigenvalue weighted by molar-refractivity contribution is 0.213. The summed E-state index contributed by atoms with van der Waals surface area (Å²) >= 11 is 0. The molecule has 3 fully saturated rings. The number of rotatable bonds is 11. The number of nitrogens with zero attached hydrogens (tertiary/aromatic N) is 7. The molecule has 6 rings (SSSR count). The summed E-state index contributed by atoms with van der Waals surface area (Å²) in [6.45, 7) is 5.69. The van der Waals surface area contributed by atoms with Gasteiger partial charge in [0.05, 0.1) is 35.5 Å². The Morgan fingerprint density at radius 1 is 1.07 bits per heavy atom. The molecule has 13 heteroatoms. The van der Waals surface area contributed by atoms with Crippen LogP contribution < -0.4 is 10.9 Å². The maximum atomic E-state index is 13.9. The Hall–Kier alpha value is -3.03. The Balaban J connectivity index is 1.26. The number of aromatic nitrogens is 6. The highest BCUT2D eigenvalue weighted by molar-refractivity contribution is 7.89. The van der Waals surface area contributed by atoms with Gasteiger partial charge in [0.25, 0.3) is 5.56 Å². The highest BCUT2D eigenvalue weighted by atomic mass is 32.2. The summed E-state index contributed by atoms with van der Waals surface area (Å²) in [4.78, 5) is 37.1. The Kier molecular flexibility index (Phi) is 7.77. The van der Waals surface area contributed by atoms with Gasteiger partial charge in [0.1, 0.15) is 11.8 Å². The zero-order chi connectivity index (χ0) is 28.7. The van der Waals surface area contributed by atoms with Gasteiger partial charge in [-0.1, -0.05) is 0 Å². The molecule has 1 atom stereocenters. The van der Waals surface area contributed by atoms with Crippen LogP contribution in [0.1, 0.15) is 68.8 Å². The van der Waals surface area contributed by atoms with Gasteiger partial charge in [-0.05, 0) is 64.2 Å². The van der Waals surface area contributed by atoms with E-state index in [-0.39, 0.29) is 35.7 Å². The van der Waals surface area contributed by atoms with E-state index < -0.39 is 10.0 Å². The second-order valence-electron chi connectivity index (χ2n) is 11.6. The number of hydrogen-bond acceptors (Lipinski definition) is 10. The first-order chi connectivity index (χ1) is 19.8. The van der Waals surface area contributed by atoms with Gasteiger partial charge in [-0.2, -0.15) is 0 Å². The standard InChI is InChI=1S/C28H38N8O4S/c1-17-23(24(21-6-7-21)32-16-31-17)25-30-15-22-27(34-25)36(18(2)20-4-5-20)28(37)26(33-22)29-14-19-8-10-35(11-9-19)41(38,39)13-12-40-3/h15-16,18-21H,4-14H2,1-3H3,(H,29,33)/t18-/m0/s1. The summed E-state index contributed by atoms with van der Waals surface area (Å²) < 4.78 is 33.3. The van der Waals surface area contributed by atoms with Crippen LogP contribution in [0.15, 0.2) is 17.3 Å². The van der Waals surface area contributed by atoms with Crippen molar-refractivity contribution in [3.8, 4) is 11.4 Å². The van der Waals surface area contributed by atoms with E-state index in [1.54, 1.807) is 21.4 Å². The molecular formula is C28H38N8O4S. The highest BCUT2D eigenvalue weighted by Crippen LogP contribution is 2.43. The van der Waals surface area contributed by atoms with Gasteiger partial charge in [-0.15, -0.1) is 0 Å². The van der Waals surface area contributed by atoms with Gasteiger partial charge in [0.15, 0.2) is 17.3 Å². The van der Waals surface area contributed by atoms with Crippen LogP contribution in [0.25, 0.3) is 22.6 Å². The molecule has 3 aromatic heterocycles. The van der Waals surface area contributed by atoms with Crippen molar-refractivity contribution in [2.75, 3.05) is 44.4 Å². The molecule has 1 N–H and O–H groups in total. The van der Waals surface area contributed by atoms with Crippen molar-refractivity contribution in [2.45, 2.75) is 64.3 Å². The molecule has 0 radical (unpaired) electrons. The van der Waals surface area contributed by atoms with Crippen molar-refractivity contribution in [1.82, 2.24) is 33.8 Å². The average Bonchev–Trinajstić information content (AvgIpc) is 3.88. The first kappa shape index (κ1) is 28.1. The predicted molar refractivity (Wildman–Crippen MR) is 155 cm³/mol. The molecule has 3 aromatic rings. The lowest BCUT2D eigenvalue weighted by atomic mass is 9.98. The molecule has 2 aliphatic carbocycles. The molecule has 0 amide bonds. The quantitative estimate of drug-likeness (QED) is 0.358. The molecule has 4 heterocycles. The third-order valence-electron chi connectivity index (χ3n) is 8.67. The van der Waals surface area contributed by atoms with Gasteiger partial charge in [0.2, 0.25) is 10.0 Å². The monoisotopic (exact) mass is 582 g/mol. The number of nitrogens with one attached hydrogen (secondary N) is 1. The summed E-state index contributed by atoms with van der Waals surface area (Å²) in [5.74, 6) is 1.88. The van der Waals surface area contributed by atoms with Crippen molar-refractivity contribution in [3.63, 3.8) is 0 Å². The molecule has 41 heavy (non-hydrogen) atoms. The molecule has 1 aliphatic heterocycles. The van der Waals surface area contributed by atoms with Crippen molar-refractivity contribution in [2.24, 2.45) is 11.8 Å². The largest absolute Gasteiger partial charge is 0.384 e. The summed E-state index contributed by atoms with van der Waals surface area (Å²) in [7, 11) is -1.81. The molecule has 1 saturated heterocycles. The highest BCUT2D eigenvalue weighted by Gasteiger charge is 2.34. The molecule has 0 bridgehead atoms. The van der Waals surface area contributed by atoms with Crippen molar-refractivity contribution >= 4 is 27.0 Å². The first-order valence-electron chi connectivity index (χ1n) is 14.6. The molecule has 0 aromatic carbocycles. The summed E-state index contributed by atoms with van der Waals surface area (Å²) in [5, 5.41) is 3.30. The van der Waals surface area contributed by atoms with Crippen LogP contribution in [0.3, 0.4) is 0 Å². The second-order valence-corrected chi connectivity index (χ2v) is 13.7. The number of anilines is 1. The Morgan fingerprint density at radius 3 is 2.51 bits per heavy atom. The summed E-state index contributed by atoms with van der Waals surface area (Å²) in [6.07, 6.45) is 9.09. The molecule has 0 unspecified atom stereocenters. The van der Waals surface area contributed by atoms with Crippen LogP contribution in [0, 0.1) is 18.8 Å². The fraction of sp³-hybridized carbons (Fsp3) is 0.643. The van der Waals surface area contributed by atoms with Gasteiger partial charge in [-0.3, -0.25) is 9.36 Å². The molecule has 12 nitrogen and oxygen atoms in total. The van der Waals surface area contributed by atoms with Gasteiger partial charge < -0.3 is 10.1 Å². The van der Waals surface area contributed by atoms with E-state index in [4.69, 9.17) is 9.72 Å². The number of fused-ring (bicyclic) bond motifs is 1. The smallest absolute Gasteiger partial charge is 0.295 e. The summed E-state index contributed by atoms with van der Waals surface area (Å²) in [5.41, 5.74) is 3.56. The molecule has 2 saturated carbocycles.